The summed E-state index contributed by atoms with van der Waals surface area (Å²) >= 11 is 5.89. The Morgan fingerprint density at radius 3 is 2.75 bits per heavy atom. The number of nitrogens with zero attached hydrogens (tertiary/aromatic N) is 1. The van der Waals surface area contributed by atoms with Crippen LogP contribution in [0.15, 0.2) is 12.1 Å². The first-order chi connectivity index (χ1) is 9.43. The lowest BCUT2D eigenvalue weighted by molar-refractivity contribution is -0.141. The van der Waals surface area contributed by atoms with Gasteiger partial charge in [-0.2, -0.15) is 0 Å². The molecule has 1 atom stereocenters. The van der Waals surface area contributed by atoms with E-state index in [1.165, 1.54) is 6.07 Å². The Balaban J connectivity index is 2.61. The maximum absolute atomic E-state index is 12.0. The third-order valence-corrected chi connectivity index (χ3v) is 3.09. The van der Waals surface area contributed by atoms with E-state index in [-0.39, 0.29) is 5.91 Å². The van der Waals surface area contributed by atoms with Gasteiger partial charge in [0.05, 0.1) is 5.92 Å². The number of carboxylic acids is 1. The molecule has 0 aliphatic heterocycles. The van der Waals surface area contributed by atoms with Crippen LogP contribution in [0.3, 0.4) is 0 Å². The molecule has 0 aliphatic carbocycles. The van der Waals surface area contributed by atoms with Crippen molar-refractivity contribution < 1.29 is 14.7 Å². The van der Waals surface area contributed by atoms with Crippen molar-refractivity contribution in [3.05, 3.63) is 28.5 Å². The maximum Gasteiger partial charge on any atom is 0.306 e. The molecule has 20 heavy (non-hydrogen) atoms. The number of aryl methyl sites for hydroxylation is 1. The normalized spacial score (nSPS) is 11.9. The number of rotatable bonds is 7. The summed E-state index contributed by atoms with van der Waals surface area (Å²) in [4.78, 5) is 26.8. The van der Waals surface area contributed by atoms with Crippen molar-refractivity contribution in [2.45, 2.75) is 33.1 Å². The number of hydrogen-bond acceptors (Lipinski definition) is 3. The van der Waals surface area contributed by atoms with Gasteiger partial charge in [0.25, 0.3) is 5.91 Å². The van der Waals surface area contributed by atoms with Crippen LogP contribution in [0.2, 0.25) is 5.15 Å². The average Bonchev–Trinajstić information content (AvgIpc) is 2.38. The van der Waals surface area contributed by atoms with Gasteiger partial charge in [0.2, 0.25) is 0 Å². The van der Waals surface area contributed by atoms with E-state index in [1.54, 1.807) is 13.0 Å². The van der Waals surface area contributed by atoms with Gasteiger partial charge in [-0.3, -0.25) is 9.59 Å². The molecule has 0 bridgehead atoms. The first kappa shape index (κ1) is 16.4. The first-order valence-electron chi connectivity index (χ1n) is 6.61. The third kappa shape index (κ3) is 5.17. The summed E-state index contributed by atoms with van der Waals surface area (Å²) in [7, 11) is 0. The van der Waals surface area contributed by atoms with Gasteiger partial charge in [-0.05, 0) is 25.0 Å². The van der Waals surface area contributed by atoms with E-state index in [9.17, 15) is 9.59 Å². The predicted molar refractivity (Wildman–Crippen MR) is 77.0 cm³/mol. The number of carbonyl (C=O) groups is 2. The molecule has 1 aromatic rings. The summed E-state index contributed by atoms with van der Waals surface area (Å²) < 4.78 is 0. The quantitative estimate of drug-likeness (QED) is 0.758. The Morgan fingerprint density at radius 1 is 1.45 bits per heavy atom. The molecule has 1 heterocycles. The number of halogens is 1. The highest BCUT2D eigenvalue weighted by atomic mass is 35.5. The molecule has 0 radical (unpaired) electrons. The molecule has 0 spiro atoms. The second-order valence-electron chi connectivity index (χ2n) is 4.70. The van der Waals surface area contributed by atoms with E-state index < -0.39 is 11.9 Å². The Kier molecular flexibility index (Phi) is 6.45. The molecule has 0 saturated carbocycles. The summed E-state index contributed by atoms with van der Waals surface area (Å²) in [5, 5.41) is 11.7. The van der Waals surface area contributed by atoms with Gasteiger partial charge >= 0.3 is 5.97 Å². The summed E-state index contributed by atoms with van der Waals surface area (Å²) in [5.41, 5.74) is 1.24. The average molecular weight is 299 g/mol. The van der Waals surface area contributed by atoms with Crippen molar-refractivity contribution in [1.82, 2.24) is 10.3 Å². The van der Waals surface area contributed by atoms with Gasteiger partial charge < -0.3 is 10.4 Å². The van der Waals surface area contributed by atoms with Crippen LogP contribution in [0.25, 0.3) is 0 Å². The molecule has 6 heteroatoms. The molecular weight excluding hydrogens is 280 g/mol. The fourth-order valence-electron chi connectivity index (χ4n) is 1.69. The topological polar surface area (TPSA) is 79.3 Å². The Hall–Kier alpha value is -1.62. The Bertz CT molecular complexity index is 491. The number of hydrogen-bond donors (Lipinski definition) is 2. The summed E-state index contributed by atoms with van der Waals surface area (Å²) in [5.74, 6) is -1.60. The number of nitrogens with one attached hydrogen (secondary N) is 1. The molecule has 1 amide bonds. The number of carboxylic acid groups (broad SMARTS) is 1. The number of amides is 1. The van der Waals surface area contributed by atoms with Gasteiger partial charge in [0.1, 0.15) is 5.15 Å². The standard InChI is InChI=1S/C14H19ClN2O3/c1-3-4-11-7-10(8-12(15)17-11)13(18)16-6-5-9(2)14(19)20/h7-9H,3-6H2,1-2H3,(H,16,18)(H,19,20). The minimum Gasteiger partial charge on any atom is -0.481 e. The fourth-order valence-corrected chi connectivity index (χ4v) is 1.92. The van der Waals surface area contributed by atoms with Crippen LogP contribution in [-0.2, 0) is 11.2 Å². The minimum absolute atomic E-state index is 0.260. The smallest absolute Gasteiger partial charge is 0.306 e. The summed E-state index contributed by atoms with van der Waals surface area (Å²) in [6.45, 7) is 3.95. The van der Waals surface area contributed by atoms with Crippen molar-refractivity contribution in [2.75, 3.05) is 6.54 Å². The summed E-state index contributed by atoms with van der Waals surface area (Å²) in [6.07, 6.45) is 2.07. The largest absolute Gasteiger partial charge is 0.481 e. The van der Waals surface area contributed by atoms with Gasteiger partial charge in [0, 0.05) is 17.8 Å². The van der Waals surface area contributed by atoms with Crippen LogP contribution >= 0.6 is 11.6 Å². The first-order valence-corrected chi connectivity index (χ1v) is 6.99. The monoisotopic (exact) mass is 298 g/mol. The zero-order valence-corrected chi connectivity index (χ0v) is 12.4. The molecule has 1 unspecified atom stereocenters. The van der Waals surface area contributed by atoms with E-state index in [0.29, 0.717) is 23.7 Å². The molecule has 0 aliphatic rings. The van der Waals surface area contributed by atoms with E-state index in [2.05, 4.69) is 10.3 Å². The molecule has 1 aromatic heterocycles. The Morgan fingerprint density at radius 2 is 2.15 bits per heavy atom. The fraction of sp³-hybridized carbons (Fsp3) is 0.500. The van der Waals surface area contributed by atoms with Crippen molar-refractivity contribution in [2.24, 2.45) is 5.92 Å². The molecule has 5 nitrogen and oxygen atoms in total. The van der Waals surface area contributed by atoms with Gasteiger partial charge in [-0.1, -0.05) is 31.9 Å². The zero-order chi connectivity index (χ0) is 15.1. The number of pyridine rings is 1. The van der Waals surface area contributed by atoms with Gasteiger partial charge in [-0.25, -0.2) is 4.98 Å². The van der Waals surface area contributed by atoms with Crippen LogP contribution in [0, 0.1) is 5.92 Å². The van der Waals surface area contributed by atoms with Gasteiger partial charge in [0.15, 0.2) is 0 Å². The summed E-state index contributed by atoms with van der Waals surface area (Å²) in [6, 6.07) is 3.22. The van der Waals surface area contributed by atoms with Crippen LogP contribution < -0.4 is 5.32 Å². The van der Waals surface area contributed by atoms with Crippen molar-refractivity contribution >= 4 is 23.5 Å². The van der Waals surface area contributed by atoms with Crippen LogP contribution in [0.4, 0.5) is 0 Å². The highest BCUT2D eigenvalue weighted by Crippen LogP contribution is 2.12. The lowest BCUT2D eigenvalue weighted by Crippen LogP contribution is -2.27. The number of aliphatic carboxylic acids is 1. The van der Waals surface area contributed by atoms with E-state index in [4.69, 9.17) is 16.7 Å². The molecule has 2 N–H and O–H groups in total. The zero-order valence-electron chi connectivity index (χ0n) is 11.6. The minimum atomic E-state index is -0.864. The van der Waals surface area contributed by atoms with Crippen LogP contribution in [0.1, 0.15) is 42.7 Å². The highest BCUT2D eigenvalue weighted by molar-refractivity contribution is 6.29. The number of carbonyl (C=O) groups excluding carboxylic acids is 1. The number of aromatic nitrogens is 1. The van der Waals surface area contributed by atoms with E-state index >= 15 is 0 Å². The van der Waals surface area contributed by atoms with E-state index in [0.717, 1.165) is 18.5 Å². The second kappa shape index (κ2) is 7.85. The molecule has 110 valence electrons. The molecule has 0 saturated heterocycles. The predicted octanol–water partition coefficient (Wildman–Crippen LogP) is 2.53. The van der Waals surface area contributed by atoms with E-state index in [1.807, 2.05) is 6.92 Å². The Labute approximate surface area is 123 Å². The van der Waals surface area contributed by atoms with Crippen molar-refractivity contribution in [3.63, 3.8) is 0 Å². The lowest BCUT2D eigenvalue weighted by atomic mass is 10.1. The van der Waals surface area contributed by atoms with Crippen LogP contribution in [0.5, 0.6) is 0 Å². The highest BCUT2D eigenvalue weighted by Gasteiger charge is 2.12. The second-order valence-corrected chi connectivity index (χ2v) is 5.09. The van der Waals surface area contributed by atoms with Crippen molar-refractivity contribution in [3.8, 4) is 0 Å². The van der Waals surface area contributed by atoms with Crippen molar-refractivity contribution in [1.29, 1.82) is 0 Å². The lowest BCUT2D eigenvalue weighted by Gasteiger charge is -2.09. The van der Waals surface area contributed by atoms with Gasteiger partial charge in [-0.15, -0.1) is 0 Å². The SMILES string of the molecule is CCCc1cc(C(=O)NCCC(C)C(=O)O)cc(Cl)n1. The molecule has 0 aromatic carbocycles. The molecule has 0 fully saturated rings. The molecule has 1 rings (SSSR count). The van der Waals surface area contributed by atoms with Crippen LogP contribution in [-0.4, -0.2) is 28.5 Å². The maximum atomic E-state index is 12.0. The third-order valence-electron chi connectivity index (χ3n) is 2.90. The molecular formula is C14H19ClN2O3.